The molecule has 0 spiro atoms. The van der Waals surface area contributed by atoms with Crippen LogP contribution in [0.15, 0.2) is 24.3 Å². The van der Waals surface area contributed by atoms with Crippen LogP contribution in [0.25, 0.3) is 5.69 Å². The lowest BCUT2D eigenvalue weighted by atomic mass is 10.2. The molecule has 3 rings (SSSR count). The van der Waals surface area contributed by atoms with Gasteiger partial charge >= 0.3 is 5.97 Å². The lowest BCUT2D eigenvalue weighted by Gasteiger charge is -2.08. The molecule has 0 unspecified atom stereocenters. The van der Waals surface area contributed by atoms with Gasteiger partial charge in [0.15, 0.2) is 5.69 Å². The smallest absolute Gasteiger partial charge is 0.359 e. The molecule has 1 aliphatic carbocycles. The van der Waals surface area contributed by atoms with Gasteiger partial charge in [0.2, 0.25) is 0 Å². The van der Waals surface area contributed by atoms with E-state index in [1.54, 1.807) is 14.0 Å². The highest BCUT2D eigenvalue weighted by Gasteiger charge is 2.34. The molecule has 0 saturated heterocycles. The highest BCUT2D eigenvalue weighted by Crippen LogP contribution is 2.41. The Kier molecular flexibility index (Phi) is 3.60. The van der Waals surface area contributed by atoms with Gasteiger partial charge in [-0.1, -0.05) is 11.3 Å². The van der Waals surface area contributed by atoms with Crippen LogP contribution >= 0.6 is 0 Å². The van der Waals surface area contributed by atoms with E-state index in [-0.39, 0.29) is 5.97 Å². The number of nitrogens with zero attached hydrogens (tertiary/aromatic N) is 3. The van der Waals surface area contributed by atoms with Gasteiger partial charge in [-0.3, -0.25) is 0 Å². The predicted octanol–water partition coefficient (Wildman–Crippen LogP) is 2.33. The molecule has 1 aromatic heterocycles. The van der Waals surface area contributed by atoms with E-state index in [2.05, 4.69) is 10.3 Å². The number of esters is 1. The number of methoxy groups -OCH3 is 1. The number of carbonyl (C=O) groups is 1. The molecule has 110 valence electrons. The second-order valence-electron chi connectivity index (χ2n) is 4.93. The van der Waals surface area contributed by atoms with Crippen molar-refractivity contribution >= 4 is 5.97 Å². The average Bonchev–Trinajstić information content (AvgIpc) is 3.26. The summed E-state index contributed by atoms with van der Waals surface area (Å²) in [5.41, 5.74) is 1.89. The molecule has 1 aliphatic rings. The molecule has 0 atom stereocenters. The highest BCUT2D eigenvalue weighted by molar-refractivity contribution is 5.89. The Bertz CT molecular complexity index is 662. The van der Waals surface area contributed by atoms with Gasteiger partial charge in [-0.25, -0.2) is 9.48 Å². The maximum atomic E-state index is 12.3. The first-order valence-corrected chi connectivity index (χ1v) is 7.01. The van der Waals surface area contributed by atoms with Gasteiger partial charge in [0.05, 0.1) is 19.4 Å². The van der Waals surface area contributed by atoms with Crippen molar-refractivity contribution in [1.82, 2.24) is 15.0 Å². The molecular formula is C15H17N3O3. The third kappa shape index (κ3) is 2.61. The quantitative estimate of drug-likeness (QED) is 0.790. The lowest BCUT2D eigenvalue weighted by molar-refractivity contribution is 0.0514. The minimum Gasteiger partial charge on any atom is -0.497 e. The minimum absolute atomic E-state index is 0.323. The van der Waals surface area contributed by atoms with Gasteiger partial charge in [-0.05, 0) is 31.9 Å². The second kappa shape index (κ2) is 5.55. The Morgan fingerprint density at radius 1 is 1.43 bits per heavy atom. The molecule has 1 aromatic carbocycles. The molecule has 0 bridgehead atoms. The van der Waals surface area contributed by atoms with Gasteiger partial charge in [0, 0.05) is 12.0 Å². The van der Waals surface area contributed by atoms with Crippen LogP contribution in [0.2, 0.25) is 0 Å². The fraction of sp³-hybridized carbons (Fsp3) is 0.400. The zero-order valence-electron chi connectivity index (χ0n) is 12.1. The Balaban J connectivity index is 2.06. The maximum Gasteiger partial charge on any atom is 0.359 e. The second-order valence-corrected chi connectivity index (χ2v) is 4.93. The van der Waals surface area contributed by atoms with Crippen molar-refractivity contribution < 1.29 is 14.3 Å². The van der Waals surface area contributed by atoms with E-state index in [1.165, 1.54) is 4.68 Å². The molecule has 6 nitrogen and oxygen atoms in total. The number of rotatable bonds is 5. The summed E-state index contributed by atoms with van der Waals surface area (Å²) >= 11 is 0. The van der Waals surface area contributed by atoms with E-state index in [9.17, 15) is 4.79 Å². The first-order valence-electron chi connectivity index (χ1n) is 7.01. The highest BCUT2D eigenvalue weighted by atomic mass is 16.5. The van der Waals surface area contributed by atoms with E-state index >= 15 is 0 Å². The molecule has 0 amide bonds. The normalized spacial score (nSPS) is 14.0. The molecule has 1 saturated carbocycles. The van der Waals surface area contributed by atoms with Crippen LogP contribution in [0.5, 0.6) is 5.75 Å². The lowest BCUT2D eigenvalue weighted by Crippen LogP contribution is -2.14. The zero-order chi connectivity index (χ0) is 14.8. The van der Waals surface area contributed by atoms with Crippen LogP contribution in [0.4, 0.5) is 0 Å². The van der Waals surface area contributed by atoms with Gasteiger partial charge in [-0.15, -0.1) is 5.10 Å². The summed E-state index contributed by atoms with van der Waals surface area (Å²) in [5, 5.41) is 8.32. The van der Waals surface area contributed by atoms with E-state index in [0.29, 0.717) is 24.0 Å². The van der Waals surface area contributed by atoms with Crippen molar-refractivity contribution in [2.24, 2.45) is 0 Å². The zero-order valence-corrected chi connectivity index (χ0v) is 12.1. The van der Waals surface area contributed by atoms with Crippen LogP contribution in [0.1, 0.15) is 41.9 Å². The number of carbonyl (C=O) groups excluding carboxylic acids is 1. The molecule has 21 heavy (non-hydrogen) atoms. The third-order valence-corrected chi connectivity index (χ3v) is 3.43. The Hall–Kier alpha value is -2.37. The summed E-state index contributed by atoms with van der Waals surface area (Å²) in [6, 6.07) is 7.36. The molecule has 0 radical (unpaired) electrons. The third-order valence-electron chi connectivity index (χ3n) is 3.43. The standard InChI is InChI=1S/C15H17N3O3/c1-3-21-15(19)14-13(10-7-8-10)16-17-18(14)11-5-4-6-12(9-11)20-2/h4-6,9-10H,3,7-8H2,1-2H3. The van der Waals surface area contributed by atoms with Gasteiger partial charge < -0.3 is 9.47 Å². The maximum absolute atomic E-state index is 12.3. The summed E-state index contributed by atoms with van der Waals surface area (Å²) in [6.07, 6.45) is 2.09. The van der Waals surface area contributed by atoms with Crippen LogP contribution < -0.4 is 4.74 Å². The number of hydrogen-bond donors (Lipinski definition) is 0. The summed E-state index contributed by atoms with van der Waals surface area (Å²) < 4.78 is 11.9. The van der Waals surface area contributed by atoms with Crippen molar-refractivity contribution in [1.29, 1.82) is 0 Å². The minimum atomic E-state index is -0.382. The SMILES string of the molecule is CCOC(=O)c1c(C2CC2)nnn1-c1cccc(OC)c1. The Morgan fingerprint density at radius 3 is 2.90 bits per heavy atom. The first kappa shape index (κ1) is 13.6. The summed E-state index contributed by atoms with van der Waals surface area (Å²) in [7, 11) is 1.60. The molecule has 1 heterocycles. The van der Waals surface area contributed by atoms with Crippen LogP contribution in [-0.4, -0.2) is 34.7 Å². The average molecular weight is 287 g/mol. The Morgan fingerprint density at radius 2 is 2.24 bits per heavy atom. The monoisotopic (exact) mass is 287 g/mol. The summed E-state index contributed by atoms with van der Waals surface area (Å²) in [5.74, 6) is 0.641. The largest absolute Gasteiger partial charge is 0.497 e. The van der Waals surface area contributed by atoms with E-state index in [0.717, 1.165) is 24.2 Å². The molecule has 6 heteroatoms. The number of ether oxygens (including phenoxy) is 2. The number of benzene rings is 1. The van der Waals surface area contributed by atoms with Gasteiger partial charge in [0.1, 0.15) is 11.4 Å². The van der Waals surface area contributed by atoms with Crippen molar-refractivity contribution in [3.8, 4) is 11.4 Å². The predicted molar refractivity (Wildman–Crippen MR) is 75.8 cm³/mol. The van der Waals surface area contributed by atoms with Crippen molar-refractivity contribution in [3.05, 3.63) is 35.7 Å². The Labute approximate surface area is 122 Å². The fourth-order valence-electron chi connectivity index (χ4n) is 2.24. The van der Waals surface area contributed by atoms with E-state index < -0.39 is 0 Å². The van der Waals surface area contributed by atoms with E-state index in [1.807, 2.05) is 24.3 Å². The van der Waals surface area contributed by atoms with Crippen molar-refractivity contribution in [2.75, 3.05) is 13.7 Å². The van der Waals surface area contributed by atoms with Crippen LogP contribution in [-0.2, 0) is 4.74 Å². The molecule has 2 aromatic rings. The number of hydrogen-bond acceptors (Lipinski definition) is 5. The van der Waals surface area contributed by atoms with Gasteiger partial charge in [0.25, 0.3) is 0 Å². The van der Waals surface area contributed by atoms with Crippen molar-refractivity contribution in [2.45, 2.75) is 25.7 Å². The van der Waals surface area contributed by atoms with E-state index in [4.69, 9.17) is 9.47 Å². The van der Waals surface area contributed by atoms with Crippen LogP contribution in [0.3, 0.4) is 0 Å². The summed E-state index contributed by atoms with van der Waals surface area (Å²) in [6.45, 7) is 2.11. The van der Waals surface area contributed by atoms with Crippen LogP contribution in [0, 0.1) is 0 Å². The van der Waals surface area contributed by atoms with Gasteiger partial charge in [-0.2, -0.15) is 0 Å². The molecule has 0 N–H and O–H groups in total. The molecule has 0 aliphatic heterocycles. The number of aromatic nitrogens is 3. The molecule has 1 fully saturated rings. The molecular weight excluding hydrogens is 270 g/mol. The van der Waals surface area contributed by atoms with Crippen molar-refractivity contribution in [3.63, 3.8) is 0 Å². The fourth-order valence-corrected chi connectivity index (χ4v) is 2.24. The topological polar surface area (TPSA) is 66.2 Å². The summed E-state index contributed by atoms with van der Waals surface area (Å²) in [4.78, 5) is 12.3. The first-order chi connectivity index (χ1) is 10.2.